The van der Waals surface area contributed by atoms with Crippen molar-refractivity contribution >= 4 is 19.9 Å². The van der Waals surface area contributed by atoms with Gasteiger partial charge in [-0.05, 0) is 38.0 Å². The van der Waals surface area contributed by atoms with E-state index in [0.717, 1.165) is 0 Å². The molecular weight excluding hydrogens is 312 g/mol. The first-order valence-electron chi connectivity index (χ1n) is 6.32. The molecule has 0 aliphatic carbocycles. The van der Waals surface area contributed by atoms with Gasteiger partial charge >= 0.3 is 0 Å². The molecule has 2 rings (SSSR count). The summed E-state index contributed by atoms with van der Waals surface area (Å²) < 4.78 is 50.6. The number of nitrogens with zero attached hydrogens (tertiary/aromatic N) is 1. The summed E-state index contributed by atoms with van der Waals surface area (Å²) in [7, 11) is -7.09. The molecule has 1 aliphatic heterocycles. The van der Waals surface area contributed by atoms with Gasteiger partial charge in [0.15, 0.2) is 9.84 Å². The number of rotatable bonds is 3. The molecule has 0 aromatic heterocycles. The van der Waals surface area contributed by atoms with Gasteiger partial charge < -0.3 is 0 Å². The first kappa shape index (κ1) is 15.9. The highest BCUT2D eigenvalue weighted by atomic mass is 32.2. The zero-order chi connectivity index (χ0) is 15.9. The van der Waals surface area contributed by atoms with Gasteiger partial charge in [0.05, 0.1) is 28.0 Å². The Labute approximate surface area is 124 Å². The molecule has 0 spiro atoms. The first-order chi connectivity index (χ1) is 9.57. The summed E-state index contributed by atoms with van der Waals surface area (Å²) in [5.74, 6) is -0.237. The van der Waals surface area contributed by atoms with Gasteiger partial charge in [0.2, 0.25) is 10.0 Å². The molecular formula is C13H16N2O4S2. The minimum Gasteiger partial charge on any atom is -0.229 e. The van der Waals surface area contributed by atoms with Crippen molar-refractivity contribution < 1.29 is 16.8 Å². The smallest absolute Gasteiger partial charge is 0.229 e. The molecule has 1 aromatic rings. The molecule has 21 heavy (non-hydrogen) atoms. The van der Waals surface area contributed by atoms with E-state index >= 15 is 0 Å². The minimum absolute atomic E-state index is 0.00655. The Hall–Kier alpha value is -1.43. The molecule has 0 amide bonds. The highest BCUT2D eigenvalue weighted by molar-refractivity contribution is 7.92. The molecule has 0 bridgehead atoms. The van der Waals surface area contributed by atoms with E-state index in [2.05, 4.69) is 4.72 Å². The van der Waals surface area contributed by atoms with Crippen molar-refractivity contribution in [2.45, 2.75) is 30.7 Å². The van der Waals surface area contributed by atoms with Crippen molar-refractivity contribution in [3.05, 3.63) is 29.3 Å². The van der Waals surface area contributed by atoms with Crippen LogP contribution < -0.4 is 4.72 Å². The van der Waals surface area contributed by atoms with Crippen LogP contribution in [-0.2, 0) is 19.9 Å². The van der Waals surface area contributed by atoms with Gasteiger partial charge in [-0.3, -0.25) is 0 Å². The van der Waals surface area contributed by atoms with E-state index in [4.69, 9.17) is 5.26 Å². The summed E-state index contributed by atoms with van der Waals surface area (Å²) in [4.78, 5) is 0.00655. The number of nitriles is 1. The van der Waals surface area contributed by atoms with E-state index in [1.807, 2.05) is 6.07 Å². The third-order valence-electron chi connectivity index (χ3n) is 3.49. The molecule has 0 saturated carbocycles. The molecule has 8 heteroatoms. The summed E-state index contributed by atoms with van der Waals surface area (Å²) in [5, 5.41) is 8.88. The number of hydrogen-bond donors (Lipinski definition) is 1. The Kier molecular flexibility index (Phi) is 3.86. The SMILES string of the molecule is Cc1ccc(C#N)cc1S(=O)(=O)NC1(C)CCS(=O)(=O)C1. The number of sulfone groups is 1. The van der Waals surface area contributed by atoms with Crippen LogP contribution in [-0.4, -0.2) is 33.9 Å². The van der Waals surface area contributed by atoms with Gasteiger partial charge in [-0.15, -0.1) is 0 Å². The first-order valence-corrected chi connectivity index (χ1v) is 9.63. The second-order valence-corrected chi connectivity index (χ2v) is 9.44. The summed E-state index contributed by atoms with van der Waals surface area (Å²) in [5.41, 5.74) is -0.261. The monoisotopic (exact) mass is 328 g/mol. The third kappa shape index (κ3) is 3.43. The molecule has 1 aromatic carbocycles. The minimum atomic E-state index is -3.88. The lowest BCUT2D eigenvalue weighted by atomic mass is 10.0. The van der Waals surface area contributed by atoms with Crippen molar-refractivity contribution in [3.63, 3.8) is 0 Å². The quantitative estimate of drug-likeness (QED) is 0.880. The number of hydrogen-bond acceptors (Lipinski definition) is 5. The normalized spacial score (nSPS) is 24.6. The molecule has 114 valence electrons. The van der Waals surface area contributed by atoms with Crippen molar-refractivity contribution in [1.29, 1.82) is 5.26 Å². The predicted molar refractivity (Wildman–Crippen MR) is 77.9 cm³/mol. The zero-order valence-corrected chi connectivity index (χ0v) is 13.4. The van der Waals surface area contributed by atoms with Crippen LogP contribution >= 0.6 is 0 Å². The van der Waals surface area contributed by atoms with Crippen molar-refractivity contribution in [2.75, 3.05) is 11.5 Å². The third-order valence-corrected chi connectivity index (χ3v) is 7.17. The maximum absolute atomic E-state index is 12.5. The fourth-order valence-electron chi connectivity index (χ4n) is 2.43. The Morgan fingerprint density at radius 2 is 2.05 bits per heavy atom. The van der Waals surface area contributed by atoms with Crippen molar-refractivity contribution in [2.24, 2.45) is 0 Å². The van der Waals surface area contributed by atoms with Crippen LogP contribution in [0.1, 0.15) is 24.5 Å². The van der Waals surface area contributed by atoms with Gasteiger partial charge in [0.25, 0.3) is 0 Å². The van der Waals surface area contributed by atoms with Crippen LogP contribution in [0.2, 0.25) is 0 Å². The number of nitrogens with one attached hydrogen (secondary N) is 1. The van der Waals surface area contributed by atoms with Crippen molar-refractivity contribution in [3.8, 4) is 6.07 Å². The summed E-state index contributed by atoms with van der Waals surface area (Å²) >= 11 is 0. The highest BCUT2D eigenvalue weighted by Gasteiger charge is 2.41. The molecule has 1 atom stereocenters. The highest BCUT2D eigenvalue weighted by Crippen LogP contribution is 2.26. The van der Waals surface area contributed by atoms with Crippen molar-refractivity contribution in [1.82, 2.24) is 4.72 Å². The van der Waals surface area contributed by atoms with E-state index in [-0.39, 0.29) is 28.4 Å². The van der Waals surface area contributed by atoms with Gasteiger partial charge in [-0.25, -0.2) is 21.6 Å². The lowest BCUT2D eigenvalue weighted by molar-refractivity contribution is 0.461. The maximum Gasteiger partial charge on any atom is 0.241 e. The number of sulfonamides is 1. The summed E-state index contributed by atoms with van der Waals surface area (Å²) in [6.07, 6.45) is 0.242. The fraction of sp³-hybridized carbons (Fsp3) is 0.462. The molecule has 1 heterocycles. The molecule has 0 radical (unpaired) electrons. The average Bonchev–Trinajstić information content (AvgIpc) is 2.62. The number of aryl methyl sites for hydroxylation is 1. The van der Waals surface area contributed by atoms with E-state index in [1.165, 1.54) is 12.1 Å². The maximum atomic E-state index is 12.5. The second-order valence-electron chi connectivity index (χ2n) is 5.60. The average molecular weight is 328 g/mol. The van der Waals surface area contributed by atoms with E-state index in [9.17, 15) is 16.8 Å². The fourth-order valence-corrected chi connectivity index (χ4v) is 6.32. The summed E-state index contributed by atoms with van der Waals surface area (Å²) in [6.45, 7) is 3.21. The van der Waals surface area contributed by atoms with Crippen LogP contribution in [0.15, 0.2) is 23.1 Å². The second kappa shape index (κ2) is 5.09. The predicted octanol–water partition coefficient (Wildman–Crippen LogP) is 0.722. The van der Waals surface area contributed by atoms with Crippen LogP contribution in [0.5, 0.6) is 0 Å². The molecule has 1 aliphatic rings. The Bertz CT molecular complexity index is 822. The molecule has 1 N–H and O–H groups in total. The zero-order valence-electron chi connectivity index (χ0n) is 11.8. The van der Waals surface area contributed by atoms with Crippen LogP contribution in [0.3, 0.4) is 0 Å². The van der Waals surface area contributed by atoms with E-state index < -0.39 is 25.4 Å². The van der Waals surface area contributed by atoms with Gasteiger partial charge in [0.1, 0.15) is 0 Å². The lowest BCUT2D eigenvalue weighted by Crippen LogP contribution is -2.46. The lowest BCUT2D eigenvalue weighted by Gasteiger charge is -2.24. The summed E-state index contributed by atoms with van der Waals surface area (Å²) in [6, 6.07) is 6.29. The Balaban J connectivity index is 2.38. The number of benzene rings is 1. The molecule has 1 fully saturated rings. The van der Waals surface area contributed by atoms with Crippen LogP contribution in [0, 0.1) is 18.3 Å². The molecule has 1 saturated heterocycles. The van der Waals surface area contributed by atoms with Gasteiger partial charge in [0, 0.05) is 5.54 Å². The largest absolute Gasteiger partial charge is 0.241 e. The Morgan fingerprint density at radius 1 is 1.38 bits per heavy atom. The van der Waals surface area contributed by atoms with E-state index in [1.54, 1.807) is 19.9 Å². The van der Waals surface area contributed by atoms with Gasteiger partial charge in [-0.2, -0.15) is 5.26 Å². The van der Waals surface area contributed by atoms with Crippen LogP contribution in [0.4, 0.5) is 0 Å². The molecule has 6 nitrogen and oxygen atoms in total. The Morgan fingerprint density at radius 3 is 2.57 bits per heavy atom. The molecule has 1 unspecified atom stereocenters. The van der Waals surface area contributed by atoms with Crippen LogP contribution in [0.25, 0.3) is 0 Å². The topological polar surface area (TPSA) is 104 Å². The van der Waals surface area contributed by atoms with Gasteiger partial charge in [-0.1, -0.05) is 6.07 Å². The van der Waals surface area contributed by atoms with E-state index in [0.29, 0.717) is 5.56 Å². The standard InChI is InChI=1S/C13H16N2O4S2/c1-10-3-4-11(8-14)7-12(10)21(18,19)15-13(2)5-6-20(16,17)9-13/h3-4,7,15H,5-6,9H2,1-2H3.